The van der Waals surface area contributed by atoms with Gasteiger partial charge in [-0.1, -0.05) is 11.6 Å². The SMILES string of the molecule is CCOc1cc(/C=C2/SC(=O)N(CC(=O)N3CCOCC3)C2=O)cc(Cl)c1OCC(=O)Nc1ccc(F)cc1. The summed E-state index contributed by atoms with van der Waals surface area (Å²) in [4.78, 5) is 52.8. The molecule has 0 aliphatic carbocycles. The van der Waals surface area contributed by atoms with Gasteiger partial charge in [0.25, 0.3) is 17.1 Å². The smallest absolute Gasteiger partial charge is 0.294 e. The molecule has 0 atom stereocenters. The summed E-state index contributed by atoms with van der Waals surface area (Å²) >= 11 is 7.15. The highest BCUT2D eigenvalue weighted by atomic mass is 35.5. The zero-order valence-electron chi connectivity index (χ0n) is 20.9. The highest BCUT2D eigenvalue weighted by Crippen LogP contribution is 2.39. The van der Waals surface area contributed by atoms with Crippen LogP contribution in [0.3, 0.4) is 0 Å². The fourth-order valence-electron chi connectivity index (χ4n) is 3.78. The lowest BCUT2D eigenvalue weighted by Gasteiger charge is -2.28. The molecule has 2 saturated heterocycles. The molecule has 2 aromatic carbocycles. The Morgan fingerprint density at radius 3 is 2.56 bits per heavy atom. The van der Waals surface area contributed by atoms with Crippen LogP contribution in [0.2, 0.25) is 5.02 Å². The van der Waals surface area contributed by atoms with Gasteiger partial charge in [-0.05, 0) is 66.7 Å². The van der Waals surface area contributed by atoms with Crippen LogP contribution in [0.15, 0.2) is 41.3 Å². The third-order valence-electron chi connectivity index (χ3n) is 5.64. The number of halogens is 2. The van der Waals surface area contributed by atoms with Crippen molar-refractivity contribution in [2.45, 2.75) is 6.92 Å². The van der Waals surface area contributed by atoms with Crippen LogP contribution in [-0.2, 0) is 19.1 Å². The van der Waals surface area contributed by atoms with Gasteiger partial charge in [-0.15, -0.1) is 0 Å². The van der Waals surface area contributed by atoms with Crippen molar-refractivity contribution in [2.24, 2.45) is 0 Å². The molecule has 2 heterocycles. The molecule has 0 bridgehead atoms. The minimum Gasteiger partial charge on any atom is -0.490 e. The van der Waals surface area contributed by atoms with Crippen LogP contribution in [-0.4, -0.2) is 78.8 Å². The number of benzene rings is 2. The molecule has 0 unspecified atom stereocenters. The number of amides is 4. The number of hydrogen-bond donors (Lipinski definition) is 1. The number of hydrogen-bond acceptors (Lipinski definition) is 8. The van der Waals surface area contributed by atoms with Gasteiger partial charge in [-0.25, -0.2) is 4.39 Å². The highest BCUT2D eigenvalue weighted by Gasteiger charge is 2.37. The van der Waals surface area contributed by atoms with Crippen LogP contribution < -0.4 is 14.8 Å². The first-order chi connectivity index (χ1) is 18.7. The molecular formula is C26H25ClFN3O7S. The Morgan fingerprint density at radius 1 is 1.15 bits per heavy atom. The van der Waals surface area contributed by atoms with Gasteiger partial charge in [0.2, 0.25) is 5.91 Å². The molecule has 0 saturated carbocycles. The van der Waals surface area contributed by atoms with Gasteiger partial charge < -0.3 is 24.4 Å². The topological polar surface area (TPSA) is 114 Å². The van der Waals surface area contributed by atoms with Gasteiger partial charge in [-0.2, -0.15) is 0 Å². The van der Waals surface area contributed by atoms with E-state index in [0.717, 1.165) is 16.7 Å². The van der Waals surface area contributed by atoms with Gasteiger partial charge >= 0.3 is 0 Å². The van der Waals surface area contributed by atoms with E-state index in [0.29, 0.717) is 37.6 Å². The molecule has 2 aromatic rings. The third kappa shape index (κ3) is 7.28. The monoisotopic (exact) mass is 577 g/mol. The van der Waals surface area contributed by atoms with Gasteiger partial charge in [0.15, 0.2) is 18.1 Å². The maximum atomic E-state index is 13.1. The molecule has 4 rings (SSSR count). The number of morpholine rings is 1. The first-order valence-electron chi connectivity index (χ1n) is 12.0. The molecule has 39 heavy (non-hydrogen) atoms. The van der Waals surface area contributed by atoms with Gasteiger partial charge in [0, 0.05) is 18.8 Å². The van der Waals surface area contributed by atoms with Crippen molar-refractivity contribution in [3.05, 3.63) is 57.7 Å². The first-order valence-corrected chi connectivity index (χ1v) is 13.2. The summed E-state index contributed by atoms with van der Waals surface area (Å²) < 4.78 is 29.5. The molecule has 4 amide bonds. The Hall–Kier alpha value is -3.61. The minimum absolute atomic E-state index is 0.114. The van der Waals surface area contributed by atoms with Crippen molar-refractivity contribution in [2.75, 3.05) is 51.4 Å². The Labute approximate surface area is 233 Å². The lowest BCUT2D eigenvalue weighted by atomic mass is 10.1. The number of carbonyl (C=O) groups excluding carboxylic acids is 4. The quantitative estimate of drug-likeness (QED) is 0.448. The fourth-order valence-corrected chi connectivity index (χ4v) is 4.89. The average molecular weight is 578 g/mol. The van der Waals surface area contributed by atoms with Crippen molar-refractivity contribution in [3.8, 4) is 11.5 Å². The van der Waals surface area contributed by atoms with Crippen LogP contribution in [0.25, 0.3) is 6.08 Å². The molecule has 10 nitrogen and oxygen atoms in total. The largest absolute Gasteiger partial charge is 0.490 e. The summed E-state index contributed by atoms with van der Waals surface area (Å²) in [5, 5.41) is 2.15. The number of nitrogens with zero attached hydrogens (tertiary/aromatic N) is 2. The van der Waals surface area contributed by atoms with Crippen LogP contribution in [0.4, 0.5) is 14.9 Å². The predicted molar refractivity (Wildman–Crippen MR) is 143 cm³/mol. The summed E-state index contributed by atoms with van der Waals surface area (Å²) in [6.07, 6.45) is 1.48. The molecule has 0 spiro atoms. The molecule has 206 valence electrons. The molecule has 2 aliphatic rings. The zero-order valence-corrected chi connectivity index (χ0v) is 22.5. The van der Waals surface area contributed by atoms with E-state index in [-0.39, 0.29) is 40.5 Å². The lowest BCUT2D eigenvalue weighted by Crippen LogP contribution is -2.46. The maximum absolute atomic E-state index is 13.1. The Bertz CT molecular complexity index is 1300. The van der Waals surface area contributed by atoms with E-state index in [1.807, 2.05) is 0 Å². The number of anilines is 1. The summed E-state index contributed by atoms with van der Waals surface area (Å²) in [5.74, 6) is -1.48. The van der Waals surface area contributed by atoms with E-state index < -0.39 is 29.5 Å². The number of rotatable bonds is 9. The highest BCUT2D eigenvalue weighted by molar-refractivity contribution is 8.18. The molecule has 1 N–H and O–H groups in total. The average Bonchev–Trinajstić information content (AvgIpc) is 3.17. The van der Waals surface area contributed by atoms with E-state index in [2.05, 4.69) is 5.32 Å². The van der Waals surface area contributed by atoms with E-state index in [9.17, 15) is 23.6 Å². The van der Waals surface area contributed by atoms with Crippen molar-refractivity contribution in [3.63, 3.8) is 0 Å². The lowest BCUT2D eigenvalue weighted by molar-refractivity contribution is -0.139. The van der Waals surface area contributed by atoms with E-state index in [1.165, 1.54) is 36.4 Å². The second-order valence-electron chi connectivity index (χ2n) is 8.37. The van der Waals surface area contributed by atoms with Crippen molar-refractivity contribution in [1.82, 2.24) is 9.80 Å². The molecular weight excluding hydrogens is 553 g/mol. The molecule has 2 fully saturated rings. The number of nitrogens with one attached hydrogen (secondary N) is 1. The Kier molecular flexibility index (Phi) is 9.44. The predicted octanol–water partition coefficient (Wildman–Crippen LogP) is 3.79. The molecule has 13 heteroatoms. The van der Waals surface area contributed by atoms with Crippen LogP contribution in [0.1, 0.15) is 12.5 Å². The van der Waals surface area contributed by atoms with Crippen LogP contribution in [0, 0.1) is 5.82 Å². The zero-order chi connectivity index (χ0) is 27.9. The van der Waals surface area contributed by atoms with Crippen molar-refractivity contribution < 1.29 is 37.8 Å². The van der Waals surface area contributed by atoms with Crippen LogP contribution >= 0.6 is 23.4 Å². The fraction of sp³-hybridized carbons (Fsp3) is 0.308. The van der Waals surface area contributed by atoms with Gasteiger partial charge in [-0.3, -0.25) is 24.1 Å². The van der Waals surface area contributed by atoms with Gasteiger partial charge in [0.05, 0.1) is 29.7 Å². The number of thioether (sulfide) groups is 1. The summed E-state index contributed by atoms with van der Waals surface area (Å²) in [7, 11) is 0. The number of ether oxygens (including phenoxy) is 3. The normalized spacial score (nSPS) is 16.5. The Balaban J connectivity index is 1.45. The summed E-state index contributed by atoms with van der Waals surface area (Å²) in [6.45, 7) is 2.91. The standard InChI is InChI=1S/C26H25ClFN3O7S/c1-2-37-20-12-16(11-19(27)24(20)38-15-22(32)29-18-5-3-17(28)4-6-18)13-21-25(34)31(26(35)39-21)14-23(33)30-7-9-36-10-8-30/h3-6,11-13H,2,7-10,14-15H2,1H3,(H,29,32)/b21-13+. The third-order valence-corrected chi connectivity index (χ3v) is 6.82. The van der Waals surface area contributed by atoms with Crippen molar-refractivity contribution >= 4 is 58.1 Å². The Morgan fingerprint density at radius 2 is 1.87 bits per heavy atom. The minimum atomic E-state index is -0.585. The van der Waals surface area contributed by atoms with E-state index >= 15 is 0 Å². The molecule has 2 aliphatic heterocycles. The number of imide groups is 1. The summed E-state index contributed by atoms with van der Waals surface area (Å²) in [6, 6.07) is 8.34. The van der Waals surface area contributed by atoms with Crippen molar-refractivity contribution in [1.29, 1.82) is 0 Å². The first kappa shape index (κ1) is 28.4. The second-order valence-corrected chi connectivity index (χ2v) is 9.77. The maximum Gasteiger partial charge on any atom is 0.294 e. The van der Waals surface area contributed by atoms with E-state index in [4.69, 9.17) is 25.8 Å². The summed E-state index contributed by atoms with van der Waals surface area (Å²) in [5.41, 5.74) is 0.855. The molecule has 0 radical (unpaired) electrons. The number of carbonyl (C=O) groups is 4. The second kappa shape index (κ2) is 13.0. The van der Waals surface area contributed by atoms with Crippen LogP contribution in [0.5, 0.6) is 11.5 Å². The molecule has 0 aromatic heterocycles. The van der Waals surface area contributed by atoms with E-state index in [1.54, 1.807) is 17.9 Å². The van der Waals surface area contributed by atoms with Gasteiger partial charge in [0.1, 0.15) is 12.4 Å².